The Kier molecular flexibility index (Phi) is 4.98. The molecule has 0 unspecified atom stereocenters. The number of aryl methyl sites for hydroxylation is 1. The first kappa shape index (κ1) is 18.6. The molecule has 3 heterocycles. The first-order chi connectivity index (χ1) is 14.2. The molecule has 1 amide bonds. The van der Waals surface area contributed by atoms with Gasteiger partial charge in [-0.05, 0) is 51.9 Å². The molecule has 29 heavy (non-hydrogen) atoms. The van der Waals surface area contributed by atoms with E-state index in [4.69, 9.17) is 9.97 Å². The van der Waals surface area contributed by atoms with Crippen molar-refractivity contribution < 1.29 is 4.79 Å². The van der Waals surface area contributed by atoms with Crippen molar-refractivity contribution in [2.75, 3.05) is 24.5 Å². The molecule has 0 N–H and O–H groups in total. The maximum Gasteiger partial charge on any atom is 0.226 e. The normalized spacial score (nSPS) is 22.2. The summed E-state index contributed by atoms with van der Waals surface area (Å²) in [6.07, 6.45) is 7.46. The predicted molar refractivity (Wildman–Crippen MR) is 115 cm³/mol. The third-order valence-corrected chi connectivity index (χ3v) is 6.92. The van der Waals surface area contributed by atoms with Crippen LogP contribution < -0.4 is 4.90 Å². The summed E-state index contributed by atoms with van der Waals surface area (Å²) < 4.78 is 0. The van der Waals surface area contributed by atoms with Gasteiger partial charge in [0.2, 0.25) is 5.91 Å². The van der Waals surface area contributed by atoms with E-state index in [2.05, 4.69) is 28.9 Å². The average Bonchev–Trinajstić information content (AvgIpc) is 3.42. The fourth-order valence-electron chi connectivity index (χ4n) is 5.22. The van der Waals surface area contributed by atoms with E-state index >= 15 is 0 Å². The molecule has 2 saturated heterocycles. The third kappa shape index (κ3) is 3.52. The zero-order chi connectivity index (χ0) is 19.8. The van der Waals surface area contributed by atoms with Gasteiger partial charge in [0.05, 0.1) is 0 Å². The standard InChI is InChI=1S/C24H30N4O/c1-17-7-6-14-28(17)24(29)19-12-15-27(16-13-19)23-20-10-5-11-21(20)25-22(26-23)18-8-3-2-4-9-18/h2-4,8-9,17,19H,5-7,10-16H2,1H3/t17-/m0/s1. The Labute approximate surface area is 173 Å². The van der Waals surface area contributed by atoms with Crippen LogP contribution in [0.25, 0.3) is 11.4 Å². The molecule has 1 aliphatic carbocycles. The van der Waals surface area contributed by atoms with Crippen LogP contribution in [0.1, 0.15) is 50.3 Å². The topological polar surface area (TPSA) is 49.3 Å². The smallest absolute Gasteiger partial charge is 0.226 e. The highest BCUT2D eigenvalue weighted by Gasteiger charge is 2.34. The largest absolute Gasteiger partial charge is 0.356 e. The van der Waals surface area contributed by atoms with E-state index in [9.17, 15) is 4.79 Å². The minimum atomic E-state index is 0.176. The van der Waals surface area contributed by atoms with Gasteiger partial charge in [0.25, 0.3) is 0 Å². The quantitative estimate of drug-likeness (QED) is 0.799. The van der Waals surface area contributed by atoms with Crippen molar-refractivity contribution >= 4 is 11.7 Å². The van der Waals surface area contributed by atoms with Crippen LogP contribution in [0.15, 0.2) is 30.3 Å². The van der Waals surface area contributed by atoms with Crippen molar-refractivity contribution in [3.8, 4) is 11.4 Å². The highest BCUT2D eigenvalue weighted by molar-refractivity contribution is 5.79. The average molecular weight is 391 g/mol. The molecule has 3 aliphatic rings. The summed E-state index contributed by atoms with van der Waals surface area (Å²) in [6.45, 7) is 4.96. The molecule has 2 fully saturated rings. The van der Waals surface area contributed by atoms with Crippen molar-refractivity contribution in [3.63, 3.8) is 0 Å². The highest BCUT2D eigenvalue weighted by atomic mass is 16.2. The Bertz CT molecular complexity index is 889. The van der Waals surface area contributed by atoms with Crippen LogP contribution in [0.5, 0.6) is 0 Å². The van der Waals surface area contributed by atoms with E-state index < -0.39 is 0 Å². The molecular formula is C24H30N4O. The number of hydrogen-bond donors (Lipinski definition) is 0. The Morgan fingerprint density at radius 1 is 0.966 bits per heavy atom. The summed E-state index contributed by atoms with van der Waals surface area (Å²) in [7, 11) is 0. The second-order valence-corrected chi connectivity index (χ2v) is 8.80. The number of aromatic nitrogens is 2. The summed E-state index contributed by atoms with van der Waals surface area (Å²) >= 11 is 0. The molecule has 0 spiro atoms. The molecule has 1 aromatic heterocycles. The van der Waals surface area contributed by atoms with Crippen LogP contribution >= 0.6 is 0 Å². The molecule has 5 heteroatoms. The maximum absolute atomic E-state index is 13.0. The van der Waals surface area contributed by atoms with E-state index in [1.807, 2.05) is 18.2 Å². The summed E-state index contributed by atoms with van der Waals surface area (Å²) in [5, 5.41) is 0. The zero-order valence-corrected chi connectivity index (χ0v) is 17.3. The summed E-state index contributed by atoms with van der Waals surface area (Å²) in [4.78, 5) is 27.4. The van der Waals surface area contributed by atoms with E-state index in [0.29, 0.717) is 11.9 Å². The molecule has 1 aromatic carbocycles. The molecule has 2 aliphatic heterocycles. The number of amides is 1. The molecule has 0 radical (unpaired) electrons. The first-order valence-electron chi connectivity index (χ1n) is 11.2. The van der Waals surface area contributed by atoms with Gasteiger partial charge in [0, 0.05) is 48.4 Å². The van der Waals surface area contributed by atoms with Gasteiger partial charge in [-0.15, -0.1) is 0 Å². The second kappa shape index (κ2) is 7.77. The van der Waals surface area contributed by atoms with Gasteiger partial charge in [0.15, 0.2) is 5.82 Å². The van der Waals surface area contributed by atoms with Gasteiger partial charge in [-0.1, -0.05) is 30.3 Å². The molecule has 0 bridgehead atoms. The number of carbonyl (C=O) groups is 1. The molecule has 152 valence electrons. The van der Waals surface area contributed by atoms with Gasteiger partial charge < -0.3 is 9.80 Å². The molecule has 5 nitrogen and oxygen atoms in total. The number of piperidine rings is 1. The number of rotatable bonds is 3. The lowest BCUT2D eigenvalue weighted by Crippen LogP contribution is -2.44. The number of fused-ring (bicyclic) bond motifs is 1. The number of carbonyl (C=O) groups excluding carboxylic acids is 1. The summed E-state index contributed by atoms with van der Waals surface area (Å²) in [5.41, 5.74) is 3.64. The second-order valence-electron chi connectivity index (χ2n) is 8.80. The molecule has 1 atom stereocenters. The van der Waals surface area contributed by atoms with Crippen molar-refractivity contribution in [2.45, 2.75) is 57.9 Å². The van der Waals surface area contributed by atoms with Crippen molar-refractivity contribution in [3.05, 3.63) is 41.6 Å². The monoisotopic (exact) mass is 390 g/mol. The van der Waals surface area contributed by atoms with E-state index in [1.165, 1.54) is 11.3 Å². The minimum absolute atomic E-state index is 0.176. The highest BCUT2D eigenvalue weighted by Crippen LogP contribution is 2.34. The fourth-order valence-corrected chi connectivity index (χ4v) is 5.22. The Hall–Kier alpha value is -2.43. The van der Waals surface area contributed by atoms with Crippen molar-refractivity contribution in [2.24, 2.45) is 5.92 Å². The number of likely N-dealkylation sites (tertiary alicyclic amines) is 1. The Balaban J connectivity index is 1.35. The summed E-state index contributed by atoms with van der Waals surface area (Å²) in [6, 6.07) is 10.7. The number of hydrogen-bond acceptors (Lipinski definition) is 4. The van der Waals surface area contributed by atoms with Gasteiger partial charge in [0.1, 0.15) is 5.82 Å². The number of benzene rings is 1. The van der Waals surface area contributed by atoms with Gasteiger partial charge >= 0.3 is 0 Å². The van der Waals surface area contributed by atoms with E-state index in [0.717, 1.165) is 81.8 Å². The summed E-state index contributed by atoms with van der Waals surface area (Å²) in [5.74, 6) is 2.51. The number of nitrogens with zero attached hydrogens (tertiary/aromatic N) is 4. The van der Waals surface area contributed by atoms with Gasteiger partial charge in [-0.3, -0.25) is 4.79 Å². The molecule has 5 rings (SSSR count). The van der Waals surface area contributed by atoms with Gasteiger partial charge in [-0.25, -0.2) is 9.97 Å². The van der Waals surface area contributed by atoms with Crippen LogP contribution in [0.3, 0.4) is 0 Å². The zero-order valence-electron chi connectivity index (χ0n) is 17.3. The maximum atomic E-state index is 13.0. The van der Waals surface area contributed by atoms with Crippen LogP contribution in [-0.4, -0.2) is 46.5 Å². The number of anilines is 1. The van der Waals surface area contributed by atoms with Crippen LogP contribution in [0, 0.1) is 5.92 Å². The van der Waals surface area contributed by atoms with E-state index in [-0.39, 0.29) is 5.92 Å². The lowest BCUT2D eigenvalue weighted by Gasteiger charge is -2.35. The Morgan fingerprint density at radius 3 is 2.48 bits per heavy atom. The SMILES string of the molecule is C[C@H]1CCCN1C(=O)C1CCN(c2nc(-c3ccccc3)nc3c2CCC3)CC1. The Morgan fingerprint density at radius 2 is 1.76 bits per heavy atom. The van der Waals surface area contributed by atoms with Crippen molar-refractivity contribution in [1.29, 1.82) is 0 Å². The molecule has 2 aromatic rings. The minimum Gasteiger partial charge on any atom is -0.356 e. The first-order valence-corrected chi connectivity index (χ1v) is 11.2. The van der Waals surface area contributed by atoms with Crippen LogP contribution in [0.4, 0.5) is 5.82 Å². The molecular weight excluding hydrogens is 360 g/mol. The van der Waals surface area contributed by atoms with Crippen LogP contribution in [-0.2, 0) is 17.6 Å². The lowest BCUT2D eigenvalue weighted by molar-refractivity contribution is -0.136. The fraction of sp³-hybridized carbons (Fsp3) is 0.542. The third-order valence-electron chi connectivity index (χ3n) is 6.92. The van der Waals surface area contributed by atoms with E-state index in [1.54, 1.807) is 0 Å². The van der Waals surface area contributed by atoms with Crippen LogP contribution in [0.2, 0.25) is 0 Å². The van der Waals surface area contributed by atoms with Crippen molar-refractivity contribution in [1.82, 2.24) is 14.9 Å². The lowest BCUT2D eigenvalue weighted by atomic mass is 9.94. The molecule has 0 saturated carbocycles. The predicted octanol–water partition coefficient (Wildman–Crippen LogP) is 3.86. The van der Waals surface area contributed by atoms with Gasteiger partial charge in [-0.2, -0.15) is 0 Å².